The SMILES string of the molecule is O=C(O)CN(CCN(CC(=O)O)CC(=O)OC[C@H]1O[C@@H](O[C@H]2[C@H](O)[C@@H](O)[C@@H](O)O[C@@H]2CO)[C@H](O)[C@@H](O)[C@H]1O)CC(=O)O. The van der Waals surface area contributed by atoms with Crippen molar-refractivity contribution in [1.82, 2.24) is 9.80 Å². The molecule has 2 fully saturated rings. The monoisotopic (exact) mass is 616 g/mol. The first-order valence-electron chi connectivity index (χ1n) is 12.6. The maximum Gasteiger partial charge on any atom is 0.320 e. The molecule has 42 heavy (non-hydrogen) atoms. The Balaban J connectivity index is 2.01. The van der Waals surface area contributed by atoms with Gasteiger partial charge in [0, 0.05) is 13.1 Å². The lowest BCUT2D eigenvalue weighted by Gasteiger charge is -2.45. The number of rotatable bonds is 16. The number of carbonyl (C=O) groups is 4. The van der Waals surface area contributed by atoms with E-state index < -0.39 is 125 Å². The Morgan fingerprint density at radius 3 is 1.67 bits per heavy atom. The van der Waals surface area contributed by atoms with E-state index in [1.807, 2.05) is 0 Å². The molecule has 2 aliphatic rings. The predicted octanol–water partition coefficient (Wildman–Crippen LogP) is -6.99. The maximum absolute atomic E-state index is 12.5. The zero-order valence-corrected chi connectivity index (χ0v) is 22.1. The van der Waals surface area contributed by atoms with Gasteiger partial charge in [0.25, 0.3) is 0 Å². The summed E-state index contributed by atoms with van der Waals surface area (Å²) in [6.07, 6.45) is -17.7. The van der Waals surface area contributed by atoms with Crippen LogP contribution >= 0.6 is 0 Å². The van der Waals surface area contributed by atoms with E-state index in [-0.39, 0.29) is 13.1 Å². The van der Waals surface area contributed by atoms with Gasteiger partial charge in [-0.15, -0.1) is 0 Å². The Labute approximate surface area is 237 Å². The molecule has 0 amide bonds. The molecule has 0 bridgehead atoms. The summed E-state index contributed by atoms with van der Waals surface area (Å²) in [6, 6.07) is 0. The van der Waals surface area contributed by atoms with Crippen LogP contribution in [0.1, 0.15) is 0 Å². The highest BCUT2D eigenvalue weighted by Gasteiger charge is 2.50. The molecule has 20 nitrogen and oxygen atoms in total. The van der Waals surface area contributed by atoms with E-state index >= 15 is 0 Å². The Kier molecular flexibility index (Phi) is 13.8. The van der Waals surface area contributed by atoms with Crippen molar-refractivity contribution in [3.05, 3.63) is 0 Å². The molecule has 0 aliphatic carbocycles. The summed E-state index contributed by atoms with van der Waals surface area (Å²) in [5.41, 5.74) is 0. The van der Waals surface area contributed by atoms with Gasteiger partial charge in [0.15, 0.2) is 12.6 Å². The van der Waals surface area contributed by atoms with E-state index in [9.17, 15) is 54.9 Å². The summed E-state index contributed by atoms with van der Waals surface area (Å²) in [7, 11) is 0. The zero-order valence-electron chi connectivity index (χ0n) is 22.1. The van der Waals surface area contributed by atoms with Gasteiger partial charge in [0.05, 0.1) is 32.8 Å². The minimum absolute atomic E-state index is 0.232. The van der Waals surface area contributed by atoms with Gasteiger partial charge in [-0.2, -0.15) is 0 Å². The molecule has 0 aromatic rings. The fourth-order valence-corrected chi connectivity index (χ4v) is 4.24. The molecule has 0 radical (unpaired) electrons. The summed E-state index contributed by atoms with van der Waals surface area (Å²) in [5, 5.41) is 97.1. The van der Waals surface area contributed by atoms with Gasteiger partial charge in [-0.25, -0.2) is 0 Å². The van der Waals surface area contributed by atoms with Crippen molar-refractivity contribution < 1.29 is 89.2 Å². The number of hydrogen-bond acceptors (Lipinski definition) is 17. The number of aliphatic hydroxyl groups excluding tert-OH is 7. The van der Waals surface area contributed by atoms with Crippen molar-refractivity contribution in [3.8, 4) is 0 Å². The van der Waals surface area contributed by atoms with Crippen LogP contribution in [0.4, 0.5) is 0 Å². The molecule has 242 valence electrons. The van der Waals surface area contributed by atoms with Crippen LogP contribution in [0.15, 0.2) is 0 Å². The molecule has 10 atom stereocenters. The van der Waals surface area contributed by atoms with Gasteiger partial charge in [-0.1, -0.05) is 0 Å². The zero-order chi connectivity index (χ0) is 31.7. The first kappa shape index (κ1) is 35.6. The molecule has 0 saturated carbocycles. The van der Waals surface area contributed by atoms with Gasteiger partial charge in [-0.05, 0) is 0 Å². The molecular weight excluding hydrogens is 580 g/mol. The number of ether oxygens (including phenoxy) is 4. The van der Waals surface area contributed by atoms with E-state index in [0.29, 0.717) is 0 Å². The number of carboxylic acid groups (broad SMARTS) is 3. The van der Waals surface area contributed by atoms with Crippen LogP contribution in [-0.4, -0.2) is 199 Å². The topological polar surface area (TPSA) is 314 Å². The van der Waals surface area contributed by atoms with Gasteiger partial charge < -0.3 is 70.0 Å². The number of aliphatic carboxylic acids is 3. The van der Waals surface area contributed by atoms with Crippen LogP contribution in [0.3, 0.4) is 0 Å². The van der Waals surface area contributed by atoms with Crippen LogP contribution in [0.25, 0.3) is 0 Å². The van der Waals surface area contributed by atoms with Crippen LogP contribution in [0, 0.1) is 0 Å². The summed E-state index contributed by atoms with van der Waals surface area (Å²) in [5.74, 6) is -5.07. The van der Waals surface area contributed by atoms with E-state index in [1.54, 1.807) is 0 Å². The Bertz CT molecular complexity index is 906. The second-order valence-corrected chi connectivity index (χ2v) is 9.63. The van der Waals surface area contributed by atoms with E-state index in [1.165, 1.54) is 0 Å². The van der Waals surface area contributed by atoms with Gasteiger partial charge in [0.1, 0.15) is 55.4 Å². The van der Waals surface area contributed by atoms with Crippen molar-refractivity contribution in [3.63, 3.8) is 0 Å². The largest absolute Gasteiger partial charge is 0.480 e. The molecule has 0 spiro atoms. The van der Waals surface area contributed by atoms with Crippen LogP contribution in [-0.2, 0) is 38.1 Å². The highest BCUT2D eigenvalue weighted by Crippen LogP contribution is 2.28. The summed E-state index contributed by atoms with van der Waals surface area (Å²) < 4.78 is 20.7. The third kappa shape index (κ3) is 10.3. The van der Waals surface area contributed by atoms with Crippen molar-refractivity contribution in [2.45, 2.75) is 61.4 Å². The number of carbonyl (C=O) groups excluding carboxylic acids is 1. The van der Waals surface area contributed by atoms with Gasteiger partial charge in [0.2, 0.25) is 0 Å². The lowest BCUT2D eigenvalue weighted by atomic mass is 9.97. The van der Waals surface area contributed by atoms with Crippen molar-refractivity contribution in [2.24, 2.45) is 0 Å². The molecule has 10 N–H and O–H groups in total. The lowest BCUT2D eigenvalue weighted by Crippen LogP contribution is -2.64. The Morgan fingerprint density at radius 1 is 0.643 bits per heavy atom. The molecule has 2 rings (SSSR count). The number of hydrogen-bond donors (Lipinski definition) is 10. The van der Waals surface area contributed by atoms with Crippen LogP contribution in [0.2, 0.25) is 0 Å². The standard InChI is InChI=1S/C22H36N2O18/c25-7-9-20(17(35)18(36)21(38)40-9)42-22-19(37)16(34)15(33)10(41-22)8-39-14(32)6-24(5-13(30)31)2-1-23(3-11(26)27)4-12(28)29/h9-10,15-22,25,33-38H,1-8H2,(H,26,27)(H,28,29)(H,30,31)/t9-,10-,15+,16+,17-,18-,19-,20-,21+,22+/m1/s1. The molecule has 0 aromatic carbocycles. The normalized spacial score (nSPS) is 33.5. The number of aliphatic hydroxyl groups is 7. The molecule has 0 aromatic heterocycles. The second kappa shape index (κ2) is 16.3. The van der Waals surface area contributed by atoms with Crippen molar-refractivity contribution >= 4 is 23.9 Å². The van der Waals surface area contributed by atoms with Crippen LogP contribution < -0.4 is 0 Å². The molecule has 2 aliphatic heterocycles. The highest BCUT2D eigenvalue weighted by molar-refractivity contribution is 5.74. The van der Waals surface area contributed by atoms with Gasteiger partial charge >= 0.3 is 23.9 Å². The highest BCUT2D eigenvalue weighted by atomic mass is 16.7. The van der Waals surface area contributed by atoms with Gasteiger partial charge in [-0.3, -0.25) is 29.0 Å². The first-order chi connectivity index (χ1) is 19.6. The van der Waals surface area contributed by atoms with Crippen molar-refractivity contribution in [2.75, 3.05) is 52.5 Å². The average molecular weight is 617 g/mol. The summed E-state index contributed by atoms with van der Waals surface area (Å²) in [6.45, 7) is -4.74. The predicted molar refractivity (Wildman–Crippen MR) is 128 cm³/mol. The fourth-order valence-electron chi connectivity index (χ4n) is 4.24. The fraction of sp³-hybridized carbons (Fsp3) is 0.818. The molecular formula is C22H36N2O18. The average Bonchev–Trinajstić information content (AvgIpc) is 2.90. The minimum atomic E-state index is -1.94. The molecule has 20 heteroatoms. The smallest absolute Gasteiger partial charge is 0.320 e. The summed E-state index contributed by atoms with van der Waals surface area (Å²) >= 11 is 0. The number of nitrogens with zero attached hydrogens (tertiary/aromatic N) is 2. The minimum Gasteiger partial charge on any atom is -0.480 e. The summed E-state index contributed by atoms with van der Waals surface area (Å²) in [4.78, 5) is 47.6. The maximum atomic E-state index is 12.5. The Morgan fingerprint density at radius 2 is 1.17 bits per heavy atom. The van der Waals surface area contributed by atoms with Crippen LogP contribution in [0.5, 0.6) is 0 Å². The number of carboxylic acids is 3. The second-order valence-electron chi connectivity index (χ2n) is 9.63. The van der Waals surface area contributed by atoms with E-state index in [2.05, 4.69) is 0 Å². The third-order valence-electron chi connectivity index (χ3n) is 6.37. The molecule has 2 heterocycles. The number of esters is 1. The van der Waals surface area contributed by atoms with Crippen molar-refractivity contribution in [1.29, 1.82) is 0 Å². The first-order valence-corrected chi connectivity index (χ1v) is 12.6. The molecule has 0 unspecified atom stereocenters. The quantitative estimate of drug-likeness (QED) is 0.0720. The van der Waals surface area contributed by atoms with E-state index in [0.717, 1.165) is 9.80 Å². The molecule has 2 saturated heterocycles. The lowest BCUT2D eigenvalue weighted by molar-refractivity contribution is -0.355. The van der Waals surface area contributed by atoms with E-state index in [4.69, 9.17) is 34.3 Å². The Hall–Kier alpha value is -2.60. The third-order valence-corrected chi connectivity index (χ3v) is 6.37.